The Bertz CT molecular complexity index is 962. The number of aromatic nitrogens is 1. The summed E-state index contributed by atoms with van der Waals surface area (Å²) in [4.78, 5) is 32.0. The molecule has 148 valence electrons. The van der Waals surface area contributed by atoms with Crippen LogP contribution in [0.5, 0.6) is 0 Å². The third-order valence-corrected chi connectivity index (χ3v) is 5.72. The van der Waals surface area contributed by atoms with Crippen molar-refractivity contribution in [2.24, 2.45) is 0 Å². The zero-order valence-electron chi connectivity index (χ0n) is 16.3. The van der Waals surface area contributed by atoms with E-state index < -0.39 is 0 Å². The molecular formula is C23H23N3O3. The van der Waals surface area contributed by atoms with Crippen LogP contribution in [0.4, 0.5) is 0 Å². The van der Waals surface area contributed by atoms with Gasteiger partial charge in [-0.15, -0.1) is 0 Å². The Balaban J connectivity index is 1.53. The van der Waals surface area contributed by atoms with Gasteiger partial charge in [-0.2, -0.15) is 0 Å². The summed E-state index contributed by atoms with van der Waals surface area (Å²) in [6.07, 6.45) is 3.82. The van der Waals surface area contributed by atoms with Crippen LogP contribution in [0.15, 0.2) is 48.8 Å². The standard InChI is InChI=1S/C23H23N3O3/c1-2-21(28)25-13-19-23(20(15-27)26(19)22(29)14-25)18-9-7-16(8-10-18)5-6-17-4-3-11-24-12-17/h3-4,7-12,19-20,23,27H,2,13-15H2,1H3/t19-,20+,23-/m0/s1. The number of rotatable bonds is 3. The van der Waals surface area contributed by atoms with Crippen molar-refractivity contribution in [2.45, 2.75) is 31.3 Å². The van der Waals surface area contributed by atoms with Crippen LogP contribution >= 0.6 is 0 Å². The monoisotopic (exact) mass is 389 g/mol. The molecule has 0 spiro atoms. The lowest BCUT2D eigenvalue weighted by atomic mass is 9.73. The Kier molecular flexibility index (Phi) is 5.32. The van der Waals surface area contributed by atoms with Crippen LogP contribution in [-0.4, -0.2) is 63.5 Å². The Morgan fingerprint density at radius 3 is 2.62 bits per heavy atom. The topological polar surface area (TPSA) is 73.7 Å². The molecule has 0 aliphatic carbocycles. The van der Waals surface area contributed by atoms with Gasteiger partial charge in [-0.1, -0.05) is 30.9 Å². The molecule has 3 heterocycles. The van der Waals surface area contributed by atoms with E-state index in [1.54, 1.807) is 29.1 Å². The van der Waals surface area contributed by atoms with Crippen molar-refractivity contribution in [1.82, 2.24) is 14.8 Å². The van der Waals surface area contributed by atoms with Gasteiger partial charge in [0.05, 0.1) is 25.2 Å². The van der Waals surface area contributed by atoms with Crippen LogP contribution in [0.1, 0.15) is 36.0 Å². The number of aliphatic hydroxyl groups excluding tert-OH is 1. The third-order valence-electron chi connectivity index (χ3n) is 5.72. The first kappa shape index (κ1) is 19.2. The summed E-state index contributed by atoms with van der Waals surface area (Å²) in [6, 6.07) is 11.3. The lowest BCUT2D eigenvalue weighted by molar-refractivity contribution is -0.166. The van der Waals surface area contributed by atoms with Gasteiger partial charge in [0.2, 0.25) is 11.8 Å². The number of nitrogens with zero attached hydrogens (tertiary/aromatic N) is 3. The molecule has 1 N–H and O–H groups in total. The number of hydrogen-bond acceptors (Lipinski definition) is 4. The second-order valence-corrected chi connectivity index (χ2v) is 7.39. The number of carbonyl (C=O) groups is 2. The maximum Gasteiger partial charge on any atom is 0.242 e. The van der Waals surface area contributed by atoms with Gasteiger partial charge in [0.1, 0.15) is 0 Å². The van der Waals surface area contributed by atoms with Crippen molar-refractivity contribution in [1.29, 1.82) is 0 Å². The van der Waals surface area contributed by atoms with Crippen LogP contribution in [0.25, 0.3) is 0 Å². The van der Waals surface area contributed by atoms with Gasteiger partial charge < -0.3 is 14.9 Å². The molecule has 6 nitrogen and oxygen atoms in total. The summed E-state index contributed by atoms with van der Waals surface area (Å²) in [5.41, 5.74) is 2.79. The minimum absolute atomic E-state index is 0.00905. The van der Waals surface area contributed by atoms with Gasteiger partial charge in [-0.25, -0.2) is 0 Å². The second kappa shape index (κ2) is 8.06. The highest BCUT2D eigenvalue weighted by molar-refractivity contribution is 5.87. The van der Waals surface area contributed by atoms with E-state index in [2.05, 4.69) is 16.8 Å². The molecule has 1 aromatic carbocycles. The maximum absolute atomic E-state index is 12.5. The van der Waals surface area contributed by atoms with E-state index in [4.69, 9.17) is 0 Å². The van der Waals surface area contributed by atoms with Crippen LogP contribution in [-0.2, 0) is 9.59 Å². The van der Waals surface area contributed by atoms with Crippen LogP contribution in [0, 0.1) is 11.8 Å². The summed E-state index contributed by atoms with van der Waals surface area (Å²) in [7, 11) is 0. The maximum atomic E-state index is 12.5. The highest BCUT2D eigenvalue weighted by Crippen LogP contribution is 2.42. The zero-order chi connectivity index (χ0) is 20.4. The van der Waals surface area contributed by atoms with Crippen molar-refractivity contribution in [3.63, 3.8) is 0 Å². The summed E-state index contributed by atoms with van der Waals surface area (Å²) in [5, 5.41) is 9.86. The van der Waals surface area contributed by atoms with E-state index in [1.807, 2.05) is 36.4 Å². The summed E-state index contributed by atoms with van der Waals surface area (Å²) in [6.45, 7) is 2.34. The predicted molar refractivity (Wildman–Crippen MR) is 108 cm³/mol. The Morgan fingerprint density at radius 2 is 1.97 bits per heavy atom. The van der Waals surface area contributed by atoms with Crippen molar-refractivity contribution < 1.29 is 14.7 Å². The first-order valence-electron chi connectivity index (χ1n) is 9.84. The van der Waals surface area contributed by atoms with Gasteiger partial charge in [-0.3, -0.25) is 14.6 Å². The molecule has 29 heavy (non-hydrogen) atoms. The molecule has 0 saturated carbocycles. The van der Waals surface area contributed by atoms with E-state index in [0.29, 0.717) is 13.0 Å². The molecule has 2 amide bonds. The fraction of sp³-hybridized carbons (Fsp3) is 0.348. The number of hydrogen-bond donors (Lipinski definition) is 1. The van der Waals surface area contributed by atoms with E-state index in [-0.39, 0.29) is 43.0 Å². The lowest BCUT2D eigenvalue weighted by Gasteiger charge is -2.58. The van der Waals surface area contributed by atoms with Crippen LogP contribution in [0.3, 0.4) is 0 Å². The largest absolute Gasteiger partial charge is 0.394 e. The van der Waals surface area contributed by atoms with E-state index in [9.17, 15) is 14.7 Å². The van der Waals surface area contributed by atoms with Crippen LogP contribution in [0.2, 0.25) is 0 Å². The SMILES string of the molecule is CCC(=O)N1CC(=O)N2[C@H](CO)[C@@H](c3ccc(C#Cc4cccnc4)cc3)[C@@H]2C1. The molecule has 1 aromatic heterocycles. The number of pyridine rings is 1. The second-order valence-electron chi connectivity index (χ2n) is 7.39. The molecule has 3 atom stereocenters. The van der Waals surface area contributed by atoms with Gasteiger partial charge in [-0.05, 0) is 29.8 Å². The van der Waals surface area contributed by atoms with Gasteiger partial charge in [0, 0.05) is 42.4 Å². The van der Waals surface area contributed by atoms with E-state index in [1.165, 1.54) is 0 Å². The molecule has 2 saturated heterocycles. The summed E-state index contributed by atoms with van der Waals surface area (Å²) in [5.74, 6) is 6.12. The molecule has 0 bridgehead atoms. The average Bonchev–Trinajstić information content (AvgIpc) is 2.74. The first-order valence-corrected chi connectivity index (χ1v) is 9.84. The molecule has 0 unspecified atom stereocenters. The summed E-state index contributed by atoms with van der Waals surface area (Å²) < 4.78 is 0. The zero-order valence-corrected chi connectivity index (χ0v) is 16.3. The number of benzene rings is 1. The van der Waals surface area contributed by atoms with Crippen molar-refractivity contribution in [3.8, 4) is 11.8 Å². The Hall–Kier alpha value is -3.17. The lowest BCUT2D eigenvalue weighted by Crippen LogP contribution is -2.73. The van der Waals surface area contributed by atoms with Gasteiger partial charge >= 0.3 is 0 Å². The number of carbonyl (C=O) groups excluding carboxylic acids is 2. The number of aliphatic hydroxyl groups is 1. The smallest absolute Gasteiger partial charge is 0.242 e. The van der Waals surface area contributed by atoms with Gasteiger partial charge in [0.15, 0.2) is 0 Å². The molecule has 0 radical (unpaired) electrons. The number of amides is 2. The molecule has 2 aliphatic heterocycles. The number of piperazine rings is 1. The Morgan fingerprint density at radius 1 is 1.21 bits per heavy atom. The molecule has 6 heteroatoms. The summed E-state index contributed by atoms with van der Waals surface area (Å²) >= 11 is 0. The first-order chi connectivity index (χ1) is 14.1. The van der Waals surface area contributed by atoms with Crippen LogP contribution < -0.4 is 0 Å². The van der Waals surface area contributed by atoms with Crippen molar-refractivity contribution >= 4 is 11.8 Å². The minimum atomic E-state index is -0.237. The molecule has 2 aliphatic rings. The van der Waals surface area contributed by atoms with Crippen molar-refractivity contribution in [2.75, 3.05) is 19.7 Å². The normalized spacial score (nSPS) is 23.0. The highest BCUT2D eigenvalue weighted by Gasteiger charge is 2.54. The fourth-order valence-corrected chi connectivity index (χ4v) is 4.28. The average molecular weight is 389 g/mol. The highest BCUT2D eigenvalue weighted by atomic mass is 16.3. The Labute approximate surface area is 170 Å². The number of fused-ring (bicyclic) bond motifs is 1. The van der Waals surface area contributed by atoms with E-state index >= 15 is 0 Å². The molecular weight excluding hydrogens is 366 g/mol. The van der Waals surface area contributed by atoms with E-state index in [0.717, 1.165) is 16.7 Å². The fourth-order valence-electron chi connectivity index (χ4n) is 4.28. The van der Waals surface area contributed by atoms with Gasteiger partial charge in [0.25, 0.3) is 0 Å². The van der Waals surface area contributed by atoms with Crippen molar-refractivity contribution in [3.05, 3.63) is 65.5 Å². The molecule has 2 fully saturated rings. The quantitative estimate of drug-likeness (QED) is 0.805. The molecule has 2 aromatic rings. The predicted octanol–water partition coefficient (Wildman–Crippen LogP) is 1.39. The molecule has 4 rings (SSSR count). The third kappa shape index (κ3) is 3.62. The minimum Gasteiger partial charge on any atom is -0.394 e.